The van der Waals surface area contributed by atoms with Crippen LogP contribution in [0.3, 0.4) is 0 Å². The number of benzene rings is 2. The van der Waals surface area contributed by atoms with E-state index < -0.39 is 14.3 Å². The van der Waals surface area contributed by atoms with Gasteiger partial charge in [0.15, 0.2) is 0 Å². The van der Waals surface area contributed by atoms with Crippen LogP contribution in [0, 0.1) is 0 Å². The normalized spacial score (nSPS) is 13.5. The maximum absolute atomic E-state index is 6.08. The average molecular weight is 423 g/mol. The second-order valence-electron chi connectivity index (χ2n) is 5.17. The minimum atomic E-state index is -3.45. The van der Waals surface area contributed by atoms with Crippen LogP contribution in [0.15, 0.2) is 62.0 Å². The molecule has 0 aliphatic carbocycles. The Labute approximate surface area is 155 Å². The predicted octanol–water partition coefficient (Wildman–Crippen LogP) is 4.56. The third-order valence-corrected chi connectivity index (χ3v) is 12.5. The molecule has 0 aromatic heterocycles. The summed E-state index contributed by atoms with van der Waals surface area (Å²) < 4.78 is 19.3. The summed E-state index contributed by atoms with van der Waals surface area (Å²) in [6.45, 7) is 7.79. The first-order valence-electron chi connectivity index (χ1n) is 8.23. The van der Waals surface area contributed by atoms with Crippen LogP contribution < -0.4 is 4.40 Å². The van der Waals surface area contributed by atoms with Crippen LogP contribution in [0.25, 0.3) is 0 Å². The zero-order valence-electron chi connectivity index (χ0n) is 14.2. The van der Waals surface area contributed by atoms with Gasteiger partial charge in [0.05, 0.1) is 0 Å². The first-order chi connectivity index (χ1) is 11.7. The van der Waals surface area contributed by atoms with Crippen LogP contribution in [0.2, 0.25) is 0 Å². The number of hydrogen-bond acceptors (Lipinski definition) is 5. The van der Waals surface area contributed by atoms with Crippen molar-refractivity contribution in [2.24, 2.45) is 0 Å². The van der Waals surface area contributed by atoms with Crippen molar-refractivity contribution in [1.82, 2.24) is 0 Å². The molecule has 0 amide bonds. The molecular weight excluding hydrogens is 401 g/mol. The Morgan fingerprint density at radius 3 is 1.75 bits per heavy atom. The summed E-state index contributed by atoms with van der Waals surface area (Å²) in [4.78, 5) is 5.15. The fourth-order valence-corrected chi connectivity index (χ4v) is 10.4. The molecule has 0 spiro atoms. The van der Waals surface area contributed by atoms with Crippen molar-refractivity contribution in [2.75, 3.05) is 19.8 Å². The van der Waals surface area contributed by atoms with Crippen molar-refractivity contribution < 1.29 is 11.3 Å². The number of hydrogen-bond donors (Lipinski definition) is 0. The summed E-state index contributed by atoms with van der Waals surface area (Å²) in [5, 5.41) is 0. The zero-order valence-corrected chi connectivity index (χ0v) is 17.9. The summed E-state index contributed by atoms with van der Waals surface area (Å²) in [5.41, 5.74) is 0. The van der Waals surface area contributed by atoms with Gasteiger partial charge < -0.3 is 0 Å². The monoisotopic (exact) mass is 424 g/mol. The van der Waals surface area contributed by atoms with E-state index in [0.29, 0.717) is 19.8 Å². The quantitative estimate of drug-likeness (QED) is 0.520. The molecule has 0 saturated carbocycles. The summed E-state index contributed by atoms with van der Waals surface area (Å²) in [6.07, 6.45) is 0. The van der Waals surface area contributed by atoms with Crippen LogP contribution in [0.5, 0.6) is 0 Å². The first kappa shape index (κ1) is 18.4. The molecule has 3 nitrogen and oxygen atoms in total. The Bertz CT molecular complexity index is 691. The second-order valence-corrected chi connectivity index (χ2v) is 12.7. The van der Waals surface area contributed by atoms with Gasteiger partial charge in [-0.05, 0) is 0 Å². The minimum absolute atomic E-state index is 0.599. The summed E-state index contributed by atoms with van der Waals surface area (Å²) in [5.74, 6) is 0. The molecular formula is C18H22GeO3S2. The van der Waals surface area contributed by atoms with Gasteiger partial charge in [0.1, 0.15) is 0 Å². The molecule has 0 saturated heterocycles. The van der Waals surface area contributed by atoms with Gasteiger partial charge in [0.25, 0.3) is 0 Å². The molecule has 128 valence electrons. The van der Waals surface area contributed by atoms with E-state index in [4.69, 9.17) is 11.3 Å². The fourth-order valence-electron chi connectivity index (χ4n) is 2.66. The topological polar surface area (TPSA) is 27.7 Å². The molecule has 6 heteroatoms. The van der Waals surface area contributed by atoms with Crippen LogP contribution in [0.4, 0.5) is 0 Å². The van der Waals surface area contributed by atoms with Crippen LogP contribution in [-0.4, -0.2) is 34.1 Å². The van der Waals surface area contributed by atoms with Gasteiger partial charge in [-0.1, -0.05) is 0 Å². The maximum atomic E-state index is 6.08. The van der Waals surface area contributed by atoms with Crippen molar-refractivity contribution in [3.8, 4) is 0 Å². The number of fused-ring (bicyclic) bond motifs is 2. The zero-order chi connectivity index (χ0) is 17.0. The van der Waals surface area contributed by atoms with E-state index in [-0.39, 0.29) is 0 Å². The van der Waals surface area contributed by atoms with Gasteiger partial charge in [-0.25, -0.2) is 0 Å². The van der Waals surface area contributed by atoms with Gasteiger partial charge in [-0.15, -0.1) is 0 Å². The van der Waals surface area contributed by atoms with Crippen LogP contribution in [-0.2, 0) is 11.3 Å². The summed E-state index contributed by atoms with van der Waals surface area (Å²) in [7, 11) is 0. The molecule has 1 aliphatic heterocycles. The van der Waals surface area contributed by atoms with E-state index in [1.165, 1.54) is 19.6 Å². The second kappa shape index (κ2) is 8.29. The van der Waals surface area contributed by atoms with Crippen molar-refractivity contribution in [3.05, 3.63) is 42.5 Å². The van der Waals surface area contributed by atoms with E-state index in [2.05, 4.69) is 42.5 Å². The third kappa shape index (κ3) is 3.71. The van der Waals surface area contributed by atoms with Gasteiger partial charge in [-0.3, -0.25) is 0 Å². The van der Waals surface area contributed by atoms with Crippen molar-refractivity contribution in [1.29, 1.82) is 0 Å². The molecule has 0 atom stereocenters. The van der Waals surface area contributed by atoms with Crippen LogP contribution in [0.1, 0.15) is 20.8 Å². The predicted molar refractivity (Wildman–Crippen MR) is 101 cm³/mol. The molecule has 2 aromatic carbocycles. The van der Waals surface area contributed by atoms with E-state index in [0.717, 1.165) is 4.40 Å². The molecule has 2 aromatic rings. The standard InChI is InChI=1S/C18H22GeO3S2/c1-4-20-19(21-5-2,22-6-3)14-11-12-17-18(13-14)24-16-10-8-7-9-15(16)23-17/h7-13H,4-6H2,1-3H3. The van der Waals surface area contributed by atoms with Gasteiger partial charge in [-0.2, -0.15) is 0 Å². The summed E-state index contributed by atoms with van der Waals surface area (Å²) in [6, 6.07) is 15.0. The molecule has 0 N–H and O–H groups in total. The van der Waals surface area contributed by atoms with Crippen LogP contribution >= 0.6 is 23.5 Å². The molecule has 1 aliphatic rings. The first-order valence-corrected chi connectivity index (χ1v) is 13.5. The number of rotatable bonds is 7. The van der Waals surface area contributed by atoms with Gasteiger partial charge in [0, 0.05) is 0 Å². The fraction of sp³-hybridized carbons (Fsp3) is 0.333. The van der Waals surface area contributed by atoms with Crippen molar-refractivity contribution >= 4 is 42.2 Å². The summed E-state index contributed by atoms with van der Waals surface area (Å²) >= 11 is 0.183. The average Bonchev–Trinajstić information content (AvgIpc) is 2.60. The van der Waals surface area contributed by atoms with Crippen molar-refractivity contribution in [2.45, 2.75) is 40.4 Å². The molecule has 0 radical (unpaired) electrons. The Kier molecular flexibility index (Phi) is 6.34. The Morgan fingerprint density at radius 1 is 0.708 bits per heavy atom. The Hall–Kier alpha value is -0.437. The van der Waals surface area contributed by atoms with E-state index >= 15 is 0 Å². The van der Waals surface area contributed by atoms with Gasteiger partial charge >= 0.3 is 156 Å². The van der Waals surface area contributed by atoms with E-state index in [9.17, 15) is 0 Å². The SMILES string of the molecule is CC[O][Ge]([O]CC)([O]CC)[c]1ccc2c(c1)Sc1ccccc1S2. The Balaban J connectivity index is 1.98. The molecule has 24 heavy (non-hydrogen) atoms. The molecule has 3 rings (SSSR count). The Morgan fingerprint density at radius 2 is 1.21 bits per heavy atom. The molecule has 0 bridgehead atoms. The van der Waals surface area contributed by atoms with Gasteiger partial charge in [0.2, 0.25) is 0 Å². The van der Waals surface area contributed by atoms with E-state index in [1.54, 1.807) is 0 Å². The molecule has 1 heterocycles. The molecule has 0 fully saturated rings. The van der Waals surface area contributed by atoms with Crippen molar-refractivity contribution in [3.63, 3.8) is 0 Å². The molecule has 0 unspecified atom stereocenters. The van der Waals surface area contributed by atoms with E-state index in [1.807, 2.05) is 44.3 Å². The third-order valence-electron chi connectivity index (χ3n) is 3.59.